The lowest BCUT2D eigenvalue weighted by atomic mass is 10.2. The lowest BCUT2D eigenvalue weighted by molar-refractivity contribution is -0.113. The summed E-state index contributed by atoms with van der Waals surface area (Å²) in [6, 6.07) is 10.7. The van der Waals surface area contributed by atoms with Gasteiger partial charge in [-0.15, -0.1) is 11.8 Å². The molecule has 1 amide bonds. The molecule has 0 aliphatic carbocycles. The molecule has 7 heteroatoms. The van der Waals surface area contributed by atoms with Gasteiger partial charge in [0.05, 0.1) is 16.5 Å². The van der Waals surface area contributed by atoms with Gasteiger partial charge in [0.2, 0.25) is 12.7 Å². The summed E-state index contributed by atoms with van der Waals surface area (Å²) in [5, 5.41) is 3.73. The first-order valence-corrected chi connectivity index (χ1v) is 8.74. The van der Waals surface area contributed by atoms with Crippen LogP contribution in [0.1, 0.15) is 5.56 Å². The van der Waals surface area contributed by atoms with E-state index in [2.05, 4.69) is 5.32 Å². The lowest BCUT2D eigenvalue weighted by Gasteiger charge is -2.07. The minimum atomic E-state index is -0.111. The first-order chi connectivity index (χ1) is 11.1. The Morgan fingerprint density at radius 2 is 1.96 bits per heavy atom. The largest absolute Gasteiger partial charge is 0.454 e. The maximum atomic E-state index is 12.0. The second-order valence-electron chi connectivity index (χ2n) is 4.85. The summed E-state index contributed by atoms with van der Waals surface area (Å²) in [4.78, 5) is 12.0. The van der Waals surface area contributed by atoms with Gasteiger partial charge in [-0.1, -0.05) is 29.3 Å². The number of carbonyl (C=O) groups is 1. The maximum absolute atomic E-state index is 12.0. The third-order valence-electron chi connectivity index (χ3n) is 3.14. The number of amides is 1. The normalized spacial score (nSPS) is 12.3. The monoisotopic (exact) mass is 369 g/mol. The molecule has 4 nitrogen and oxygen atoms in total. The molecule has 1 aliphatic rings. The van der Waals surface area contributed by atoms with Crippen LogP contribution in [0.5, 0.6) is 11.5 Å². The predicted octanol–water partition coefficient (Wildman–Crippen LogP) is 4.59. The number of thioether (sulfide) groups is 1. The van der Waals surface area contributed by atoms with E-state index in [9.17, 15) is 4.79 Å². The highest BCUT2D eigenvalue weighted by Crippen LogP contribution is 2.33. The number of fused-ring (bicyclic) bond motifs is 1. The average Bonchev–Trinajstić information content (AvgIpc) is 2.98. The van der Waals surface area contributed by atoms with Crippen LogP contribution in [0.4, 0.5) is 5.69 Å². The van der Waals surface area contributed by atoms with Gasteiger partial charge in [0.15, 0.2) is 11.5 Å². The van der Waals surface area contributed by atoms with Crippen LogP contribution in [-0.4, -0.2) is 18.5 Å². The van der Waals surface area contributed by atoms with Crippen LogP contribution >= 0.6 is 35.0 Å². The summed E-state index contributed by atoms with van der Waals surface area (Å²) in [5.41, 5.74) is 1.64. The minimum absolute atomic E-state index is 0.111. The fraction of sp³-hybridized carbons (Fsp3) is 0.188. The number of ether oxygens (including phenoxy) is 2. The van der Waals surface area contributed by atoms with Crippen molar-refractivity contribution in [3.8, 4) is 11.5 Å². The van der Waals surface area contributed by atoms with Gasteiger partial charge in [-0.3, -0.25) is 4.79 Å². The predicted molar refractivity (Wildman–Crippen MR) is 93.8 cm³/mol. The van der Waals surface area contributed by atoms with Gasteiger partial charge >= 0.3 is 0 Å². The molecule has 2 aromatic carbocycles. The summed E-state index contributed by atoms with van der Waals surface area (Å²) in [6.07, 6.45) is 0. The van der Waals surface area contributed by atoms with Crippen molar-refractivity contribution in [1.82, 2.24) is 0 Å². The molecule has 0 saturated heterocycles. The van der Waals surface area contributed by atoms with Gasteiger partial charge in [-0.05, 0) is 35.9 Å². The number of nitrogens with one attached hydrogen (secondary N) is 1. The lowest BCUT2D eigenvalue weighted by Crippen LogP contribution is -2.14. The van der Waals surface area contributed by atoms with E-state index in [0.717, 1.165) is 17.1 Å². The molecule has 0 aromatic heterocycles. The Morgan fingerprint density at radius 1 is 1.13 bits per heavy atom. The van der Waals surface area contributed by atoms with Gasteiger partial charge in [-0.2, -0.15) is 0 Å². The number of hydrogen-bond acceptors (Lipinski definition) is 4. The molecule has 23 heavy (non-hydrogen) atoms. The van der Waals surface area contributed by atoms with Crippen LogP contribution in [0.3, 0.4) is 0 Å². The van der Waals surface area contributed by atoms with E-state index in [-0.39, 0.29) is 12.7 Å². The van der Waals surface area contributed by atoms with Gasteiger partial charge in [-0.25, -0.2) is 0 Å². The molecular formula is C16H13Cl2NO3S. The van der Waals surface area contributed by atoms with Crippen molar-refractivity contribution in [2.75, 3.05) is 17.9 Å². The minimum Gasteiger partial charge on any atom is -0.454 e. The fourth-order valence-corrected chi connectivity index (χ4v) is 3.30. The number of carbonyl (C=O) groups excluding carboxylic acids is 1. The zero-order valence-electron chi connectivity index (χ0n) is 12.0. The Bertz CT molecular complexity index is 739. The molecule has 0 atom stereocenters. The zero-order chi connectivity index (χ0) is 16.2. The quantitative estimate of drug-likeness (QED) is 0.836. The third-order valence-corrected chi connectivity index (χ3v) is 4.70. The fourth-order valence-electron chi connectivity index (χ4n) is 2.07. The van der Waals surface area contributed by atoms with Crippen LogP contribution in [0.25, 0.3) is 0 Å². The first kappa shape index (κ1) is 16.3. The number of benzene rings is 2. The number of hydrogen-bond donors (Lipinski definition) is 1. The Morgan fingerprint density at radius 3 is 2.78 bits per heavy atom. The molecule has 2 aromatic rings. The van der Waals surface area contributed by atoms with Crippen molar-refractivity contribution >= 4 is 46.6 Å². The Labute approximate surface area is 148 Å². The molecule has 1 N–H and O–H groups in total. The SMILES string of the molecule is O=C(CSCc1ccc2c(c1)OCO2)Nc1ccc(Cl)cc1Cl. The van der Waals surface area contributed by atoms with E-state index in [4.69, 9.17) is 32.7 Å². The van der Waals surface area contributed by atoms with Crippen LogP contribution in [0.2, 0.25) is 10.0 Å². The number of anilines is 1. The summed E-state index contributed by atoms with van der Waals surface area (Å²) in [6.45, 7) is 0.260. The topological polar surface area (TPSA) is 47.6 Å². The molecule has 0 bridgehead atoms. The van der Waals surface area contributed by atoms with Crippen molar-refractivity contribution in [2.24, 2.45) is 0 Å². The first-order valence-electron chi connectivity index (χ1n) is 6.83. The smallest absolute Gasteiger partial charge is 0.234 e. The molecule has 0 radical (unpaired) electrons. The summed E-state index contributed by atoms with van der Waals surface area (Å²) in [7, 11) is 0. The third kappa shape index (κ3) is 4.25. The molecule has 120 valence electrons. The summed E-state index contributed by atoms with van der Waals surface area (Å²) < 4.78 is 10.6. The highest BCUT2D eigenvalue weighted by atomic mass is 35.5. The van der Waals surface area contributed by atoms with E-state index >= 15 is 0 Å². The average molecular weight is 370 g/mol. The highest BCUT2D eigenvalue weighted by molar-refractivity contribution is 7.99. The Balaban J connectivity index is 1.49. The summed E-state index contributed by atoms with van der Waals surface area (Å²) >= 11 is 13.4. The second-order valence-corrected chi connectivity index (χ2v) is 6.68. The van der Waals surface area contributed by atoms with E-state index < -0.39 is 0 Å². The molecule has 0 fully saturated rings. The maximum Gasteiger partial charge on any atom is 0.234 e. The molecule has 0 saturated carbocycles. The molecule has 1 aliphatic heterocycles. The molecular weight excluding hydrogens is 357 g/mol. The van der Waals surface area contributed by atoms with Crippen molar-refractivity contribution in [1.29, 1.82) is 0 Å². The van der Waals surface area contributed by atoms with Crippen LogP contribution in [0, 0.1) is 0 Å². The van der Waals surface area contributed by atoms with E-state index in [1.165, 1.54) is 11.8 Å². The van der Waals surface area contributed by atoms with Gasteiger partial charge in [0.1, 0.15) is 0 Å². The number of rotatable bonds is 5. The zero-order valence-corrected chi connectivity index (χ0v) is 14.3. The highest BCUT2D eigenvalue weighted by Gasteiger charge is 2.13. The van der Waals surface area contributed by atoms with Crippen molar-refractivity contribution in [3.05, 3.63) is 52.0 Å². The van der Waals surface area contributed by atoms with E-state index in [1.54, 1.807) is 18.2 Å². The Kier molecular flexibility index (Phi) is 5.20. The van der Waals surface area contributed by atoms with E-state index in [0.29, 0.717) is 27.2 Å². The van der Waals surface area contributed by atoms with Crippen LogP contribution in [0.15, 0.2) is 36.4 Å². The van der Waals surface area contributed by atoms with Gasteiger partial charge in [0, 0.05) is 10.8 Å². The molecule has 0 unspecified atom stereocenters. The Hall–Kier alpha value is -1.56. The van der Waals surface area contributed by atoms with Crippen LogP contribution in [-0.2, 0) is 10.5 Å². The van der Waals surface area contributed by atoms with Gasteiger partial charge < -0.3 is 14.8 Å². The van der Waals surface area contributed by atoms with Gasteiger partial charge in [0.25, 0.3) is 0 Å². The van der Waals surface area contributed by atoms with Crippen LogP contribution < -0.4 is 14.8 Å². The summed E-state index contributed by atoms with van der Waals surface area (Å²) in [5.74, 6) is 2.43. The second kappa shape index (κ2) is 7.34. The standard InChI is InChI=1S/C16H13Cl2NO3S/c17-11-2-3-13(12(18)6-11)19-16(20)8-23-7-10-1-4-14-15(5-10)22-9-21-14/h1-6H,7-9H2,(H,19,20). The van der Waals surface area contributed by atoms with E-state index in [1.807, 2.05) is 18.2 Å². The van der Waals surface area contributed by atoms with Crippen molar-refractivity contribution in [3.63, 3.8) is 0 Å². The molecule has 1 heterocycles. The van der Waals surface area contributed by atoms with Crippen molar-refractivity contribution < 1.29 is 14.3 Å². The number of halogens is 2. The van der Waals surface area contributed by atoms with Crippen molar-refractivity contribution in [2.45, 2.75) is 5.75 Å². The molecule has 0 spiro atoms. The molecule has 3 rings (SSSR count).